The molecule has 3 aromatic rings. The summed E-state index contributed by atoms with van der Waals surface area (Å²) < 4.78 is 14.2. The van der Waals surface area contributed by atoms with Crippen molar-refractivity contribution >= 4 is 11.8 Å². The van der Waals surface area contributed by atoms with Crippen LogP contribution in [0.15, 0.2) is 54.6 Å². The van der Waals surface area contributed by atoms with Crippen molar-refractivity contribution in [1.82, 2.24) is 20.4 Å². The molecule has 4 rings (SSSR count). The average Bonchev–Trinajstić information content (AvgIpc) is 3.46. The van der Waals surface area contributed by atoms with Gasteiger partial charge < -0.3 is 20.1 Å². The Labute approximate surface area is 250 Å². The van der Waals surface area contributed by atoms with Crippen LogP contribution >= 0.6 is 0 Å². The molecule has 0 radical (unpaired) electrons. The van der Waals surface area contributed by atoms with Crippen molar-refractivity contribution in [1.29, 1.82) is 0 Å². The van der Waals surface area contributed by atoms with Gasteiger partial charge in [0, 0.05) is 19.0 Å². The monoisotopic (exact) mass is 574 g/mol. The molecule has 1 heterocycles. The van der Waals surface area contributed by atoms with E-state index < -0.39 is 0 Å². The van der Waals surface area contributed by atoms with Gasteiger partial charge in [0.2, 0.25) is 5.91 Å². The zero-order valence-electron chi connectivity index (χ0n) is 25.5. The second-order valence-corrected chi connectivity index (χ2v) is 11.5. The fraction of sp³-hybridized carbons (Fsp3) is 0.500. The minimum Gasteiger partial charge on any atom is -0.496 e. The van der Waals surface area contributed by atoms with Gasteiger partial charge in [-0.05, 0) is 48.9 Å². The zero-order chi connectivity index (χ0) is 29.9. The molecule has 1 aliphatic rings. The topological polar surface area (TPSA) is 94.5 Å². The summed E-state index contributed by atoms with van der Waals surface area (Å²) in [6.45, 7) is 7.18. The van der Waals surface area contributed by atoms with Gasteiger partial charge in [-0.1, -0.05) is 82.9 Å². The molecule has 1 aliphatic carbocycles. The summed E-state index contributed by atoms with van der Waals surface area (Å²) in [5.74, 6) is 1.08. The summed E-state index contributed by atoms with van der Waals surface area (Å²) in [6, 6.07) is 17.5. The van der Waals surface area contributed by atoms with Gasteiger partial charge in [0.1, 0.15) is 18.1 Å². The minimum absolute atomic E-state index is 0.0508. The molecule has 0 saturated heterocycles. The highest BCUT2D eigenvalue weighted by Gasteiger charge is 2.28. The number of hydrogen-bond acceptors (Lipinski definition) is 5. The summed E-state index contributed by atoms with van der Waals surface area (Å²) >= 11 is 0. The summed E-state index contributed by atoms with van der Waals surface area (Å²) in [5.41, 5.74) is 2.97. The number of nitrogens with zero attached hydrogens (tertiary/aromatic N) is 2. The molecule has 2 aromatic carbocycles. The van der Waals surface area contributed by atoms with Crippen molar-refractivity contribution < 1.29 is 19.1 Å². The normalized spacial score (nSPS) is 14.4. The molecule has 0 aliphatic heterocycles. The molecule has 1 saturated carbocycles. The predicted octanol–water partition coefficient (Wildman–Crippen LogP) is 6.70. The van der Waals surface area contributed by atoms with Crippen LogP contribution in [0.25, 0.3) is 11.3 Å². The van der Waals surface area contributed by atoms with Gasteiger partial charge in [0.15, 0.2) is 5.69 Å². The van der Waals surface area contributed by atoms with E-state index in [4.69, 9.17) is 14.6 Å². The van der Waals surface area contributed by atoms with Gasteiger partial charge in [-0.15, -0.1) is 0 Å². The third kappa shape index (κ3) is 8.14. The van der Waals surface area contributed by atoms with Crippen molar-refractivity contribution in [2.24, 2.45) is 5.92 Å². The predicted molar refractivity (Wildman–Crippen MR) is 166 cm³/mol. The molecular formula is C34H46N4O4. The van der Waals surface area contributed by atoms with Gasteiger partial charge in [-0.3, -0.25) is 14.3 Å². The fourth-order valence-corrected chi connectivity index (χ4v) is 5.46. The quantitative estimate of drug-likeness (QED) is 0.209. The van der Waals surface area contributed by atoms with Crippen molar-refractivity contribution in [2.75, 3.05) is 13.7 Å². The van der Waals surface area contributed by atoms with Gasteiger partial charge in [0.05, 0.1) is 24.4 Å². The van der Waals surface area contributed by atoms with E-state index in [0.29, 0.717) is 30.3 Å². The number of rotatable bonds is 14. The molecule has 1 unspecified atom stereocenters. The second kappa shape index (κ2) is 15.4. The lowest BCUT2D eigenvalue weighted by Gasteiger charge is -2.25. The lowest BCUT2D eigenvalue weighted by atomic mass is 9.95. The molecule has 1 aromatic heterocycles. The van der Waals surface area contributed by atoms with E-state index in [0.717, 1.165) is 55.3 Å². The number of nitrogens with one attached hydrogen (secondary N) is 2. The lowest BCUT2D eigenvalue weighted by molar-refractivity contribution is -0.121. The van der Waals surface area contributed by atoms with E-state index in [1.807, 2.05) is 73.1 Å². The first-order chi connectivity index (χ1) is 20.4. The maximum Gasteiger partial charge on any atom is 0.272 e. The molecular weight excluding hydrogens is 528 g/mol. The number of amides is 2. The van der Waals surface area contributed by atoms with Crippen molar-refractivity contribution in [3.63, 3.8) is 0 Å². The van der Waals surface area contributed by atoms with Crippen molar-refractivity contribution in [2.45, 2.75) is 90.8 Å². The van der Waals surface area contributed by atoms with E-state index in [1.54, 1.807) is 7.11 Å². The third-order valence-electron chi connectivity index (χ3n) is 7.97. The number of hydrogen-bond donors (Lipinski definition) is 2. The summed E-state index contributed by atoms with van der Waals surface area (Å²) in [6.07, 6.45) is 7.63. The van der Waals surface area contributed by atoms with Crippen LogP contribution in [0.2, 0.25) is 0 Å². The Kier molecular flexibility index (Phi) is 11.4. The Hall–Kier alpha value is -3.81. The summed E-state index contributed by atoms with van der Waals surface area (Å²) in [7, 11) is 1.65. The molecule has 42 heavy (non-hydrogen) atoms. The van der Waals surface area contributed by atoms with E-state index in [-0.39, 0.29) is 36.2 Å². The number of aromatic nitrogens is 2. The lowest BCUT2D eigenvalue weighted by Crippen LogP contribution is -2.42. The van der Waals surface area contributed by atoms with Gasteiger partial charge >= 0.3 is 0 Å². The van der Waals surface area contributed by atoms with Crippen LogP contribution in [0, 0.1) is 5.92 Å². The number of carbonyl (C=O) groups excluding carboxylic acids is 2. The first-order valence-corrected chi connectivity index (χ1v) is 15.4. The molecule has 8 heteroatoms. The van der Waals surface area contributed by atoms with E-state index in [2.05, 4.69) is 17.6 Å². The number of ether oxygens (including phenoxy) is 2. The number of unbranched alkanes of at least 4 members (excludes halogenated alkanes) is 1. The van der Waals surface area contributed by atoms with E-state index >= 15 is 0 Å². The zero-order valence-corrected chi connectivity index (χ0v) is 25.5. The van der Waals surface area contributed by atoms with Crippen LogP contribution < -0.4 is 20.1 Å². The molecule has 0 spiro atoms. The largest absolute Gasteiger partial charge is 0.496 e. The standard InChI is InChI=1S/C34H46N4O4/c1-5-6-20-35-32(39)22-27(24(2)3)36-34(40)28-21-29(38(37-28)26-16-11-8-12-17-26)33-30(41-4)18-13-19-31(33)42-23-25-14-9-7-10-15-25/h7,9-10,13-15,18-19,21,24,26-27H,5-6,8,11-12,16-17,20,22-23H2,1-4H3,(H,35,39)(H,36,40). The third-order valence-corrected chi connectivity index (χ3v) is 7.97. The van der Waals surface area contributed by atoms with Crippen LogP contribution in [0.1, 0.15) is 94.2 Å². The first-order valence-electron chi connectivity index (χ1n) is 15.4. The van der Waals surface area contributed by atoms with E-state index in [9.17, 15) is 9.59 Å². The Morgan fingerprint density at radius 2 is 1.76 bits per heavy atom. The fourth-order valence-electron chi connectivity index (χ4n) is 5.46. The first kappa shape index (κ1) is 31.1. The molecule has 8 nitrogen and oxygen atoms in total. The maximum absolute atomic E-state index is 13.7. The van der Waals surface area contributed by atoms with Crippen molar-refractivity contribution in [3.8, 4) is 22.8 Å². The molecule has 1 fully saturated rings. The number of methoxy groups -OCH3 is 1. The molecule has 0 bridgehead atoms. The maximum atomic E-state index is 13.7. The van der Waals surface area contributed by atoms with E-state index in [1.165, 1.54) is 6.42 Å². The highest BCUT2D eigenvalue weighted by Crippen LogP contribution is 2.42. The van der Waals surface area contributed by atoms with Gasteiger partial charge in [0.25, 0.3) is 5.91 Å². The Balaban J connectivity index is 1.65. The highest BCUT2D eigenvalue weighted by atomic mass is 16.5. The molecule has 226 valence electrons. The smallest absolute Gasteiger partial charge is 0.272 e. The SMILES string of the molecule is CCCCNC(=O)CC(NC(=O)c1cc(-c2c(OC)cccc2OCc2ccccc2)n(C2CCCCC2)n1)C(C)C. The van der Waals surface area contributed by atoms with Crippen LogP contribution in [0.5, 0.6) is 11.5 Å². The van der Waals surface area contributed by atoms with Gasteiger partial charge in [-0.25, -0.2) is 0 Å². The van der Waals surface area contributed by atoms with Crippen LogP contribution in [0.3, 0.4) is 0 Å². The minimum atomic E-state index is -0.307. The average molecular weight is 575 g/mol. The molecule has 1 atom stereocenters. The van der Waals surface area contributed by atoms with Gasteiger partial charge in [-0.2, -0.15) is 5.10 Å². The Morgan fingerprint density at radius 3 is 2.45 bits per heavy atom. The number of benzene rings is 2. The second-order valence-electron chi connectivity index (χ2n) is 11.5. The summed E-state index contributed by atoms with van der Waals surface area (Å²) in [5, 5.41) is 11.0. The van der Waals surface area contributed by atoms with Crippen molar-refractivity contribution in [3.05, 3.63) is 65.9 Å². The van der Waals surface area contributed by atoms with Crippen LogP contribution in [0.4, 0.5) is 0 Å². The Bertz CT molecular complexity index is 1300. The van der Waals surface area contributed by atoms with Crippen LogP contribution in [-0.2, 0) is 11.4 Å². The molecule has 2 amide bonds. The van der Waals surface area contributed by atoms with Crippen LogP contribution in [-0.4, -0.2) is 41.3 Å². The summed E-state index contributed by atoms with van der Waals surface area (Å²) in [4.78, 5) is 26.2. The molecule has 2 N–H and O–H groups in total. The number of carbonyl (C=O) groups is 2. The Morgan fingerprint density at radius 1 is 1.02 bits per heavy atom. The highest BCUT2D eigenvalue weighted by molar-refractivity contribution is 5.94.